The number of aliphatic hydroxyl groups excluding tert-OH is 1. The van der Waals surface area contributed by atoms with Crippen LogP contribution in [-0.2, 0) is 0 Å². The molecule has 0 aromatic heterocycles. The summed E-state index contributed by atoms with van der Waals surface area (Å²) in [5.74, 6) is 3.71. The van der Waals surface area contributed by atoms with Gasteiger partial charge in [0.2, 0.25) is 0 Å². The quantitative estimate of drug-likeness (QED) is 0.648. The van der Waals surface area contributed by atoms with Crippen LogP contribution in [0.2, 0.25) is 0 Å². The van der Waals surface area contributed by atoms with Crippen molar-refractivity contribution in [3.05, 3.63) is 23.8 Å². The molecule has 0 aromatic rings. The van der Waals surface area contributed by atoms with E-state index in [1.54, 1.807) is 0 Å². The van der Waals surface area contributed by atoms with Gasteiger partial charge in [-0.25, -0.2) is 0 Å². The zero-order valence-electron chi connectivity index (χ0n) is 9.24. The molecule has 1 saturated carbocycles. The molecule has 1 N–H and O–H groups in total. The van der Waals surface area contributed by atoms with E-state index in [0.717, 1.165) is 24.8 Å². The van der Waals surface area contributed by atoms with Gasteiger partial charge in [-0.2, -0.15) is 0 Å². The van der Waals surface area contributed by atoms with Crippen molar-refractivity contribution >= 4 is 0 Å². The fourth-order valence-corrected chi connectivity index (χ4v) is 2.93. The zero-order valence-corrected chi connectivity index (χ0v) is 9.24. The number of hydrogen-bond acceptors (Lipinski definition) is 1. The van der Waals surface area contributed by atoms with E-state index in [1.807, 2.05) is 6.08 Å². The number of aliphatic hydroxyl groups is 1. The molecule has 2 rings (SSSR count). The largest absolute Gasteiger partial charge is 0.392 e. The van der Waals surface area contributed by atoms with Crippen molar-refractivity contribution < 1.29 is 5.11 Å². The third-order valence-corrected chi connectivity index (χ3v) is 4.00. The lowest BCUT2D eigenvalue weighted by atomic mass is 9.60. The van der Waals surface area contributed by atoms with Crippen molar-refractivity contribution in [3.8, 4) is 12.3 Å². The van der Waals surface area contributed by atoms with Gasteiger partial charge in [0.1, 0.15) is 0 Å². The fourth-order valence-electron chi connectivity index (χ4n) is 2.93. The molecule has 0 unspecified atom stereocenters. The number of rotatable bonds is 1. The lowest BCUT2D eigenvalue weighted by molar-refractivity contribution is 0.158. The summed E-state index contributed by atoms with van der Waals surface area (Å²) in [7, 11) is 0. The van der Waals surface area contributed by atoms with Crippen LogP contribution in [-0.4, -0.2) is 11.7 Å². The first-order chi connectivity index (χ1) is 7.19. The van der Waals surface area contributed by atoms with E-state index >= 15 is 0 Å². The van der Waals surface area contributed by atoms with Crippen molar-refractivity contribution in [1.29, 1.82) is 0 Å². The average Bonchev–Trinajstić information content (AvgIpc) is 2.27. The topological polar surface area (TPSA) is 20.2 Å². The maximum absolute atomic E-state index is 9.35. The monoisotopic (exact) mass is 202 g/mol. The van der Waals surface area contributed by atoms with Crippen LogP contribution in [0.3, 0.4) is 0 Å². The number of terminal acetylenes is 1. The van der Waals surface area contributed by atoms with E-state index in [-0.39, 0.29) is 12.0 Å². The molecule has 0 aromatic carbocycles. The van der Waals surface area contributed by atoms with Gasteiger partial charge in [0.05, 0.1) is 6.61 Å². The molecular formula is C14H18O. The van der Waals surface area contributed by atoms with Crippen molar-refractivity contribution in [2.45, 2.75) is 26.2 Å². The number of allylic oxidation sites excluding steroid dienone is 3. The SMILES string of the molecule is C#C[C@@H]1CC[C@@]2(C)C=CC=C(CO)[C@H]2C1. The Kier molecular flexibility index (Phi) is 2.71. The third-order valence-electron chi connectivity index (χ3n) is 4.00. The summed E-state index contributed by atoms with van der Waals surface area (Å²) in [6.07, 6.45) is 15.2. The summed E-state index contributed by atoms with van der Waals surface area (Å²) >= 11 is 0. The van der Waals surface area contributed by atoms with Crippen molar-refractivity contribution in [2.24, 2.45) is 17.3 Å². The van der Waals surface area contributed by atoms with Gasteiger partial charge in [0, 0.05) is 5.92 Å². The smallest absolute Gasteiger partial charge is 0.0647 e. The van der Waals surface area contributed by atoms with Crippen LogP contribution in [0.25, 0.3) is 0 Å². The molecule has 0 saturated heterocycles. The Labute approximate surface area is 91.9 Å². The molecule has 0 amide bonds. The van der Waals surface area contributed by atoms with Gasteiger partial charge in [-0.3, -0.25) is 0 Å². The Morgan fingerprint density at radius 1 is 1.67 bits per heavy atom. The Balaban J connectivity index is 2.25. The van der Waals surface area contributed by atoms with Gasteiger partial charge >= 0.3 is 0 Å². The molecular weight excluding hydrogens is 184 g/mol. The average molecular weight is 202 g/mol. The van der Waals surface area contributed by atoms with E-state index < -0.39 is 0 Å². The molecule has 2 aliphatic rings. The third kappa shape index (κ3) is 1.75. The van der Waals surface area contributed by atoms with Crippen LogP contribution in [0.15, 0.2) is 23.8 Å². The second kappa shape index (κ2) is 3.87. The van der Waals surface area contributed by atoms with Crippen LogP contribution in [0.5, 0.6) is 0 Å². The summed E-state index contributed by atoms with van der Waals surface area (Å²) in [5.41, 5.74) is 1.38. The summed E-state index contributed by atoms with van der Waals surface area (Å²) in [5, 5.41) is 9.35. The highest BCUT2D eigenvalue weighted by molar-refractivity contribution is 5.28. The molecule has 80 valence electrons. The van der Waals surface area contributed by atoms with Crippen molar-refractivity contribution in [2.75, 3.05) is 6.61 Å². The molecule has 1 fully saturated rings. The Bertz CT molecular complexity index is 345. The first-order valence-electron chi connectivity index (χ1n) is 5.65. The summed E-state index contributed by atoms with van der Waals surface area (Å²) < 4.78 is 0. The lowest BCUT2D eigenvalue weighted by Crippen LogP contribution is -2.35. The van der Waals surface area contributed by atoms with Crippen molar-refractivity contribution in [1.82, 2.24) is 0 Å². The van der Waals surface area contributed by atoms with Gasteiger partial charge in [-0.05, 0) is 36.2 Å². The molecule has 1 heteroatoms. The van der Waals surface area contributed by atoms with Crippen LogP contribution < -0.4 is 0 Å². The number of hydrogen-bond donors (Lipinski definition) is 1. The highest BCUT2D eigenvalue weighted by Gasteiger charge is 2.40. The maximum Gasteiger partial charge on any atom is 0.0647 e. The van der Waals surface area contributed by atoms with Crippen LogP contribution in [0.1, 0.15) is 26.2 Å². The fraction of sp³-hybridized carbons (Fsp3) is 0.571. The first kappa shape index (κ1) is 10.5. The minimum atomic E-state index is 0.169. The van der Waals surface area contributed by atoms with Crippen LogP contribution >= 0.6 is 0 Å². The number of fused-ring (bicyclic) bond motifs is 1. The summed E-state index contributed by atoms with van der Waals surface area (Å²) in [6.45, 7) is 2.45. The van der Waals surface area contributed by atoms with Crippen LogP contribution in [0.4, 0.5) is 0 Å². The minimum Gasteiger partial charge on any atom is -0.392 e. The molecule has 0 aliphatic heterocycles. The molecule has 3 atom stereocenters. The summed E-state index contributed by atoms with van der Waals surface area (Å²) in [4.78, 5) is 0. The van der Waals surface area contributed by atoms with Gasteiger partial charge in [-0.15, -0.1) is 12.3 Å². The molecule has 0 radical (unpaired) electrons. The normalized spacial score (nSPS) is 39.1. The predicted octanol–water partition coefficient (Wildman–Crippen LogP) is 2.53. The lowest BCUT2D eigenvalue weighted by Gasteiger charge is -2.44. The Morgan fingerprint density at radius 2 is 2.47 bits per heavy atom. The Hall–Kier alpha value is -1.00. The van der Waals surface area contributed by atoms with Gasteiger partial charge in [0.25, 0.3) is 0 Å². The molecule has 0 heterocycles. The highest BCUT2D eigenvalue weighted by atomic mass is 16.3. The predicted molar refractivity (Wildman–Crippen MR) is 62.1 cm³/mol. The zero-order chi connectivity index (χ0) is 10.9. The van der Waals surface area contributed by atoms with E-state index in [2.05, 4.69) is 25.0 Å². The van der Waals surface area contributed by atoms with E-state index in [9.17, 15) is 5.11 Å². The van der Waals surface area contributed by atoms with Crippen molar-refractivity contribution in [3.63, 3.8) is 0 Å². The molecule has 2 aliphatic carbocycles. The maximum atomic E-state index is 9.35. The van der Waals surface area contributed by atoms with Gasteiger partial charge < -0.3 is 5.11 Å². The first-order valence-corrected chi connectivity index (χ1v) is 5.65. The minimum absolute atomic E-state index is 0.169. The second-order valence-corrected chi connectivity index (χ2v) is 4.96. The Morgan fingerprint density at radius 3 is 3.13 bits per heavy atom. The molecule has 15 heavy (non-hydrogen) atoms. The standard InChI is InChI=1S/C14H18O/c1-3-11-6-8-14(2)7-4-5-12(10-15)13(14)9-11/h1,4-5,7,11,13,15H,6,8-10H2,2H3/t11-,13-,14-/m1/s1. The van der Waals surface area contributed by atoms with Gasteiger partial charge in [-0.1, -0.05) is 25.2 Å². The van der Waals surface area contributed by atoms with E-state index in [1.165, 1.54) is 0 Å². The van der Waals surface area contributed by atoms with Gasteiger partial charge in [0.15, 0.2) is 0 Å². The van der Waals surface area contributed by atoms with E-state index in [0.29, 0.717) is 11.8 Å². The summed E-state index contributed by atoms with van der Waals surface area (Å²) in [6, 6.07) is 0. The second-order valence-electron chi connectivity index (χ2n) is 4.96. The van der Waals surface area contributed by atoms with Crippen LogP contribution in [0, 0.1) is 29.6 Å². The highest BCUT2D eigenvalue weighted by Crippen LogP contribution is 2.49. The molecule has 0 spiro atoms. The molecule has 1 nitrogen and oxygen atoms in total. The molecule has 0 bridgehead atoms. The van der Waals surface area contributed by atoms with E-state index in [4.69, 9.17) is 6.42 Å².